The molecule has 0 aliphatic carbocycles. The summed E-state index contributed by atoms with van der Waals surface area (Å²) in [6.45, 7) is 0. The van der Waals surface area contributed by atoms with E-state index in [-0.39, 0.29) is 29.9 Å². The molecule has 0 spiro atoms. The van der Waals surface area contributed by atoms with Crippen molar-refractivity contribution in [2.75, 3.05) is 14.2 Å². The molecule has 0 aliphatic rings. The van der Waals surface area contributed by atoms with Gasteiger partial charge < -0.3 is 0 Å². The molecule has 0 heterocycles. The topological polar surface area (TPSA) is 18.5 Å². The van der Waals surface area contributed by atoms with E-state index in [1.807, 2.05) is 0 Å². The first-order valence-corrected chi connectivity index (χ1v) is 13.8. The van der Waals surface area contributed by atoms with Gasteiger partial charge in [-0.05, 0) is 0 Å². The van der Waals surface area contributed by atoms with E-state index in [2.05, 4.69) is 97.1 Å². The quantitative estimate of drug-likeness (QED) is 0.240. The summed E-state index contributed by atoms with van der Waals surface area (Å²) >= 11 is 0.318. The van der Waals surface area contributed by atoms with Crippen LogP contribution in [0.1, 0.15) is 0 Å². The molecule has 5 rings (SSSR count). The van der Waals surface area contributed by atoms with Crippen molar-refractivity contribution < 1.29 is 9.47 Å². The molecule has 0 radical (unpaired) electrons. The van der Waals surface area contributed by atoms with Crippen LogP contribution in [0.4, 0.5) is 0 Å². The zero-order chi connectivity index (χ0) is 21.9. The molecule has 158 valence electrons. The molecule has 0 amide bonds. The Hall–Kier alpha value is -2.74. The number of ether oxygens (including phenoxy) is 2. The van der Waals surface area contributed by atoms with Crippen LogP contribution in [0.15, 0.2) is 97.1 Å². The SMILES string of the molecule is COc1c2cccc([Se]c3ccccc3)c2c(OC)c2c([Se]c3ccccc3)cccc12. The predicted octanol–water partition coefficient (Wildman–Crippen LogP) is 3.32. The zero-order valence-electron chi connectivity index (χ0n) is 17.9. The third kappa shape index (κ3) is 3.92. The van der Waals surface area contributed by atoms with Crippen LogP contribution in [0.3, 0.4) is 0 Å². The summed E-state index contributed by atoms with van der Waals surface area (Å²) in [6, 6.07) is 34.4. The zero-order valence-corrected chi connectivity index (χ0v) is 21.3. The molecule has 0 saturated carbocycles. The minimum atomic E-state index is 0.159. The van der Waals surface area contributed by atoms with Gasteiger partial charge in [-0.2, -0.15) is 0 Å². The van der Waals surface area contributed by atoms with Gasteiger partial charge in [-0.3, -0.25) is 0 Å². The fourth-order valence-corrected chi connectivity index (χ4v) is 8.19. The van der Waals surface area contributed by atoms with Gasteiger partial charge in [0, 0.05) is 0 Å². The van der Waals surface area contributed by atoms with Gasteiger partial charge in [-0.15, -0.1) is 0 Å². The standard InChI is InChI=1S/C28H22O2Se2/c1-29-27-21-15-9-17-23(31-19-11-5-3-6-12-19)25(21)28(30-2)26-22(27)16-10-18-24(26)32-20-13-7-4-8-14-20/h3-18H,1-2H3. The van der Waals surface area contributed by atoms with E-state index < -0.39 is 0 Å². The van der Waals surface area contributed by atoms with Crippen LogP contribution in [-0.2, 0) is 0 Å². The van der Waals surface area contributed by atoms with Gasteiger partial charge in [-0.1, -0.05) is 0 Å². The van der Waals surface area contributed by atoms with Gasteiger partial charge in [-0.25, -0.2) is 0 Å². The van der Waals surface area contributed by atoms with E-state index in [1.54, 1.807) is 14.2 Å². The second-order valence-corrected chi connectivity index (χ2v) is 11.9. The van der Waals surface area contributed by atoms with E-state index >= 15 is 0 Å². The van der Waals surface area contributed by atoms with Crippen LogP contribution in [0.2, 0.25) is 0 Å². The number of fused-ring (bicyclic) bond motifs is 2. The van der Waals surface area contributed by atoms with Crippen LogP contribution < -0.4 is 27.3 Å². The van der Waals surface area contributed by atoms with Crippen molar-refractivity contribution in [1.82, 2.24) is 0 Å². The molecule has 5 aromatic rings. The van der Waals surface area contributed by atoms with Crippen molar-refractivity contribution >= 4 is 69.3 Å². The number of benzene rings is 5. The Morgan fingerprint density at radius 2 is 0.906 bits per heavy atom. The fraction of sp³-hybridized carbons (Fsp3) is 0.0714. The minimum absolute atomic E-state index is 0.159. The monoisotopic (exact) mass is 550 g/mol. The van der Waals surface area contributed by atoms with Crippen LogP contribution in [0, 0.1) is 0 Å². The fourth-order valence-electron chi connectivity index (χ4n) is 4.00. The molecule has 0 atom stereocenters. The molecule has 0 bridgehead atoms. The molecule has 32 heavy (non-hydrogen) atoms. The van der Waals surface area contributed by atoms with Crippen LogP contribution in [-0.4, -0.2) is 44.1 Å². The van der Waals surface area contributed by atoms with Crippen molar-refractivity contribution in [1.29, 1.82) is 0 Å². The van der Waals surface area contributed by atoms with Crippen molar-refractivity contribution in [3.8, 4) is 11.5 Å². The first-order valence-electron chi connectivity index (χ1n) is 10.4. The second-order valence-electron chi connectivity index (χ2n) is 7.25. The summed E-state index contributed by atoms with van der Waals surface area (Å²) in [5, 5.41) is 4.55. The normalized spacial score (nSPS) is 11.1. The molecular formula is C28H22O2Se2. The Balaban J connectivity index is 1.81. The molecule has 0 fully saturated rings. The van der Waals surface area contributed by atoms with Crippen LogP contribution in [0.25, 0.3) is 21.5 Å². The molecule has 2 nitrogen and oxygen atoms in total. The van der Waals surface area contributed by atoms with E-state index in [0.29, 0.717) is 0 Å². The first-order chi connectivity index (χ1) is 15.8. The molecule has 0 aromatic heterocycles. The molecule has 0 aliphatic heterocycles. The molecule has 4 heteroatoms. The van der Waals surface area contributed by atoms with Gasteiger partial charge in [0.05, 0.1) is 0 Å². The maximum absolute atomic E-state index is 6.16. The molecule has 0 N–H and O–H groups in total. The average molecular weight is 548 g/mol. The van der Waals surface area contributed by atoms with Gasteiger partial charge in [0.15, 0.2) is 0 Å². The average Bonchev–Trinajstić information content (AvgIpc) is 2.84. The second kappa shape index (κ2) is 9.40. The summed E-state index contributed by atoms with van der Waals surface area (Å²) in [7, 11) is 3.56. The van der Waals surface area contributed by atoms with Gasteiger partial charge in [0.2, 0.25) is 0 Å². The van der Waals surface area contributed by atoms with E-state index in [4.69, 9.17) is 9.47 Å². The molecule has 5 aromatic carbocycles. The molecule has 0 unspecified atom stereocenters. The van der Waals surface area contributed by atoms with Crippen molar-refractivity contribution in [3.05, 3.63) is 97.1 Å². The van der Waals surface area contributed by atoms with E-state index in [9.17, 15) is 0 Å². The Morgan fingerprint density at radius 3 is 1.31 bits per heavy atom. The molecular weight excluding hydrogens is 526 g/mol. The third-order valence-corrected chi connectivity index (χ3v) is 9.83. The Labute approximate surface area is 200 Å². The summed E-state index contributed by atoms with van der Waals surface area (Å²) in [4.78, 5) is 0. The summed E-state index contributed by atoms with van der Waals surface area (Å²) in [5.74, 6) is 1.88. The van der Waals surface area contributed by atoms with Gasteiger partial charge in [0.1, 0.15) is 0 Å². The Bertz CT molecular complexity index is 1280. The van der Waals surface area contributed by atoms with Crippen LogP contribution >= 0.6 is 0 Å². The molecule has 0 saturated heterocycles. The van der Waals surface area contributed by atoms with Crippen molar-refractivity contribution in [2.24, 2.45) is 0 Å². The Morgan fingerprint density at radius 1 is 0.469 bits per heavy atom. The number of methoxy groups -OCH3 is 2. The first kappa shape index (κ1) is 21.1. The summed E-state index contributed by atoms with van der Waals surface area (Å²) in [5.41, 5.74) is 0. The maximum atomic E-state index is 6.16. The summed E-state index contributed by atoms with van der Waals surface area (Å²) in [6.07, 6.45) is 0. The van der Waals surface area contributed by atoms with Gasteiger partial charge in [0.25, 0.3) is 0 Å². The van der Waals surface area contributed by atoms with Gasteiger partial charge >= 0.3 is 202 Å². The van der Waals surface area contributed by atoms with E-state index in [0.717, 1.165) is 22.3 Å². The number of rotatable bonds is 6. The summed E-state index contributed by atoms with van der Waals surface area (Å²) < 4.78 is 17.5. The van der Waals surface area contributed by atoms with Crippen molar-refractivity contribution in [2.45, 2.75) is 0 Å². The predicted molar refractivity (Wildman–Crippen MR) is 137 cm³/mol. The number of hydrogen-bond donors (Lipinski definition) is 0. The van der Waals surface area contributed by atoms with E-state index in [1.165, 1.54) is 28.6 Å². The van der Waals surface area contributed by atoms with Crippen molar-refractivity contribution in [3.63, 3.8) is 0 Å². The Kier molecular flexibility index (Phi) is 6.21. The number of hydrogen-bond acceptors (Lipinski definition) is 2. The third-order valence-electron chi connectivity index (χ3n) is 5.35. The van der Waals surface area contributed by atoms with Crippen LogP contribution in [0.5, 0.6) is 11.5 Å².